The van der Waals surface area contributed by atoms with Crippen molar-refractivity contribution in [3.8, 4) is 0 Å². The van der Waals surface area contributed by atoms with Crippen molar-refractivity contribution in [2.24, 2.45) is 0 Å². The predicted octanol–water partition coefficient (Wildman–Crippen LogP) is 25.8. The van der Waals surface area contributed by atoms with E-state index in [1.807, 2.05) is 21.1 Å². The van der Waals surface area contributed by atoms with Gasteiger partial charge in [0, 0.05) is 12.8 Å². The second-order valence-corrected chi connectivity index (χ2v) is 28.0. The summed E-state index contributed by atoms with van der Waals surface area (Å²) in [6, 6.07) is 0. The van der Waals surface area contributed by atoms with Crippen molar-refractivity contribution in [1.82, 2.24) is 0 Å². The molecule has 2 atom stereocenters. The van der Waals surface area contributed by atoms with Crippen molar-refractivity contribution in [3.63, 3.8) is 0 Å². The number of likely N-dealkylation sites (N-methyl/N-ethyl adjacent to an activating group) is 1. The minimum absolute atomic E-state index is 0.0479. The van der Waals surface area contributed by atoms with Crippen molar-refractivity contribution >= 4 is 19.8 Å². The summed E-state index contributed by atoms with van der Waals surface area (Å²) in [7, 11) is 1.12. The first-order valence-electron chi connectivity index (χ1n) is 39.1. The Morgan fingerprint density at radius 1 is 0.316 bits per heavy atom. The van der Waals surface area contributed by atoms with Crippen LogP contribution in [0.15, 0.2) is 194 Å². The summed E-state index contributed by atoms with van der Waals surface area (Å²) < 4.78 is 34.3. The third kappa shape index (κ3) is 79.8. The average Bonchev–Trinajstić information content (AvgIpc) is 1.08. The van der Waals surface area contributed by atoms with Crippen LogP contribution < -0.4 is 4.89 Å². The highest BCUT2D eigenvalue weighted by molar-refractivity contribution is 7.45. The maximum Gasteiger partial charge on any atom is 0.306 e. The molecule has 2 unspecified atom stereocenters. The van der Waals surface area contributed by atoms with Crippen molar-refractivity contribution in [2.45, 2.75) is 302 Å². The van der Waals surface area contributed by atoms with E-state index in [-0.39, 0.29) is 26.1 Å². The molecule has 0 radical (unpaired) electrons. The smallest absolute Gasteiger partial charge is 0.306 e. The number of phosphoric acid groups is 1. The third-order valence-electron chi connectivity index (χ3n) is 16.1. The molecule has 0 aromatic carbocycles. The van der Waals surface area contributed by atoms with Crippen LogP contribution in [0, 0.1) is 0 Å². The highest BCUT2D eigenvalue weighted by atomic mass is 31.2. The zero-order chi connectivity index (χ0) is 71.1. The fourth-order valence-corrected chi connectivity index (χ4v) is 10.9. The number of carbonyl (C=O) groups is 2. The number of quaternary nitrogens is 1. The summed E-state index contributed by atoms with van der Waals surface area (Å²) in [6.07, 6.45) is 118. The number of carbonyl (C=O) groups excluding carboxylic acids is 2. The van der Waals surface area contributed by atoms with Crippen LogP contribution >= 0.6 is 7.82 Å². The molecule has 0 saturated carbocycles. The van der Waals surface area contributed by atoms with Crippen LogP contribution in [-0.2, 0) is 32.7 Å². The van der Waals surface area contributed by atoms with Crippen LogP contribution in [-0.4, -0.2) is 70.0 Å². The van der Waals surface area contributed by atoms with Gasteiger partial charge in [0.15, 0.2) is 6.10 Å². The van der Waals surface area contributed by atoms with Crippen LogP contribution in [0.1, 0.15) is 296 Å². The molecule has 0 aliphatic carbocycles. The molecule has 0 rings (SSSR count). The third-order valence-corrected chi connectivity index (χ3v) is 17.1. The van der Waals surface area contributed by atoms with Gasteiger partial charge in [0.1, 0.15) is 19.8 Å². The van der Waals surface area contributed by atoms with Gasteiger partial charge in [0.25, 0.3) is 7.82 Å². The molecule has 0 heterocycles. The lowest BCUT2D eigenvalue weighted by Gasteiger charge is -2.28. The van der Waals surface area contributed by atoms with Gasteiger partial charge in [-0.2, -0.15) is 0 Å². The minimum Gasteiger partial charge on any atom is -0.756 e. The molecule has 0 bridgehead atoms. The van der Waals surface area contributed by atoms with Crippen LogP contribution in [0.3, 0.4) is 0 Å². The Balaban J connectivity index is 4.07. The van der Waals surface area contributed by atoms with Crippen molar-refractivity contribution in [2.75, 3.05) is 47.5 Å². The largest absolute Gasteiger partial charge is 0.756 e. The molecule has 0 aliphatic rings. The lowest BCUT2D eigenvalue weighted by Crippen LogP contribution is -2.37. The van der Waals surface area contributed by atoms with Gasteiger partial charge in [0.2, 0.25) is 0 Å². The first-order valence-corrected chi connectivity index (χ1v) is 40.6. The lowest BCUT2D eigenvalue weighted by atomic mass is 10.0. The van der Waals surface area contributed by atoms with Crippen molar-refractivity contribution in [3.05, 3.63) is 194 Å². The van der Waals surface area contributed by atoms with Gasteiger partial charge >= 0.3 is 11.9 Å². The molecule has 0 fully saturated rings. The standard InChI is InChI=1S/C88H144NO8P/c1-6-8-10-12-14-16-18-20-22-24-26-28-30-32-34-36-38-40-41-42-43-44-45-46-47-49-50-52-54-56-58-60-62-64-66-68-70-72-74-76-78-80-87(90)94-84-86(85-96-98(92,93)95-83-82-89(3,4)5)97-88(91)81-79-77-75-73-71-69-67-65-63-61-59-57-55-53-51-48-39-37-35-33-31-29-27-25-23-21-19-17-15-13-11-9-7-2/h8-11,14-17,20-23,26-29,32-35,38-40,48,53,55,59,61,65,67,71,73,86H,6-7,12-13,18-19,24-25,30-31,36-37,41-47,49-52,54,56-58,60,62-64,66,68-70,72,74-85H2,1-5H3/b10-8-,11-9-,16-14-,17-15-,22-20-,23-21-,28-26-,29-27-,34-32-,35-33-,40-38-,48-39-,55-53-,61-59-,67-65-,73-71-. The van der Waals surface area contributed by atoms with E-state index in [9.17, 15) is 19.0 Å². The Hall–Kier alpha value is -5.15. The number of esters is 2. The van der Waals surface area contributed by atoms with Crippen molar-refractivity contribution < 1.29 is 42.1 Å². The highest BCUT2D eigenvalue weighted by Crippen LogP contribution is 2.38. The van der Waals surface area contributed by atoms with Gasteiger partial charge in [-0.15, -0.1) is 0 Å². The Morgan fingerprint density at radius 2 is 0.551 bits per heavy atom. The van der Waals surface area contributed by atoms with E-state index in [0.29, 0.717) is 17.4 Å². The molecule has 10 heteroatoms. The van der Waals surface area contributed by atoms with Crippen LogP contribution in [0.2, 0.25) is 0 Å². The van der Waals surface area contributed by atoms with E-state index in [2.05, 4.69) is 208 Å². The monoisotopic (exact) mass is 1370 g/mol. The average molecular weight is 1380 g/mol. The zero-order valence-corrected chi connectivity index (χ0v) is 64.0. The number of ether oxygens (including phenoxy) is 2. The zero-order valence-electron chi connectivity index (χ0n) is 63.2. The lowest BCUT2D eigenvalue weighted by molar-refractivity contribution is -0.870. The van der Waals surface area contributed by atoms with E-state index < -0.39 is 32.5 Å². The number of unbranched alkanes of at least 4 members (excludes halogenated alkanes) is 24. The Kier molecular flexibility index (Phi) is 72.0. The fourth-order valence-electron chi connectivity index (χ4n) is 10.2. The predicted molar refractivity (Wildman–Crippen MR) is 424 cm³/mol. The maximum atomic E-state index is 12.9. The molecule has 0 aromatic heterocycles. The van der Waals surface area contributed by atoms with Gasteiger partial charge < -0.3 is 27.9 Å². The number of nitrogens with zero attached hydrogens (tertiary/aromatic N) is 1. The molecule has 0 spiro atoms. The SMILES string of the molecule is CC/C=C\C/C=C\C/C=C\C/C=C\C/C=C\C/C=C\C/C=C\C/C=C\C/C=C\C/C=C\CCCCC(=O)OC(COC(=O)CCCCCCCCCCCCCCCCCCCCCCCC/C=C\C/C=C\C/C=C\C/C=C\C/C=C\C/C=C\CC)COP(=O)([O-])OCC[N+](C)(C)C. The Morgan fingerprint density at radius 3 is 0.837 bits per heavy atom. The molecule has 98 heavy (non-hydrogen) atoms. The van der Waals surface area contributed by atoms with Crippen LogP contribution in [0.4, 0.5) is 0 Å². The molecule has 9 nitrogen and oxygen atoms in total. The summed E-state index contributed by atoms with van der Waals surface area (Å²) in [5.41, 5.74) is 0. The van der Waals surface area contributed by atoms with Gasteiger partial charge in [-0.3, -0.25) is 14.2 Å². The topological polar surface area (TPSA) is 111 Å². The molecular weight excluding hydrogens is 1230 g/mol. The first kappa shape index (κ1) is 92.8. The molecule has 0 amide bonds. The van der Waals surface area contributed by atoms with E-state index in [1.165, 1.54) is 128 Å². The number of rotatable bonds is 70. The second-order valence-electron chi connectivity index (χ2n) is 26.6. The summed E-state index contributed by atoms with van der Waals surface area (Å²) in [5, 5.41) is 0. The van der Waals surface area contributed by atoms with E-state index in [4.69, 9.17) is 18.5 Å². The Labute approximate surface area is 603 Å². The Bertz CT molecular complexity index is 2360. The van der Waals surface area contributed by atoms with Gasteiger partial charge in [-0.1, -0.05) is 337 Å². The van der Waals surface area contributed by atoms with E-state index in [1.54, 1.807) is 0 Å². The number of phosphoric ester groups is 1. The molecular formula is C88H144NO8P. The van der Waals surface area contributed by atoms with E-state index in [0.717, 1.165) is 135 Å². The van der Waals surface area contributed by atoms with Gasteiger partial charge in [0.05, 0.1) is 27.7 Å². The fraction of sp³-hybridized carbons (Fsp3) is 0.614. The number of hydrogen-bond acceptors (Lipinski definition) is 8. The van der Waals surface area contributed by atoms with Crippen molar-refractivity contribution in [1.29, 1.82) is 0 Å². The number of allylic oxidation sites excluding steroid dienone is 32. The summed E-state index contributed by atoms with van der Waals surface area (Å²) in [5.74, 6) is -0.889. The quantitative estimate of drug-likeness (QED) is 0.0195. The number of hydrogen-bond donors (Lipinski definition) is 0. The molecule has 554 valence electrons. The maximum absolute atomic E-state index is 12.9. The first-order chi connectivity index (χ1) is 48.0. The highest BCUT2D eigenvalue weighted by Gasteiger charge is 2.22. The molecule has 0 aliphatic heterocycles. The van der Waals surface area contributed by atoms with Gasteiger partial charge in [-0.05, 0) is 141 Å². The molecule has 0 aromatic rings. The van der Waals surface area contributed by atoms with E-state index >= 15 is 0 Å². The summed E-state index contributed by atoms with van der Waals surface area (Å²) >= 11 is 0. The summed E-state index contributed by atoms with van der Waals surface area (Å²) in [6.45, 7) is 3.96. The minimum atomic E-state index is -4.67. The summed E-state index contributed by atoms with van der Waals surface area (Å²) in [4.78, 5) is 38.1. The van der Waals surface area contributed by atoms with Crippen LogP contribution in [0.25, 0.3) is 0 Å². The molecule has 0 saturated heterocycles. The van der Waals surface area contributed by atoms with Crippen LogP contribution in [0.5, 0.6) is 0 Å². The second kappa shape index (κ2) is 76.0. The normalized spacial score (nSPS) is 14.1. The van der Waals surface area contributed by atoms with Gasteiger partial charge in [-0.25, -0.2) is 0 Å². The molecule has 0 N–H and O–H groups in total.